The highest BCUT2D eigenvalue weighted by Gasteiger charge is 2.12. The lowest BCUT2D eigenvalue weighted by Gasteiger charge is -2.15. The first-order chi connectivity index (χ1) is 9.75. The molecule has 0 spiro atoms. The Hall–Kier alpha value is -1.90. The molecule has 1 heterocycles. The van der Waals surface area contributed by atoms with E-state index in [4.69, 9.17) is 17.3 Å². The van der Waals surface area contributed by atoms with Crippen molar-refractivity contribution in [3.63, 3.8) is 0 Å². The lowest BCUT2D eigenvalue weighted by molar-refractivity contribution is 0.726. The third-order valence-electron chi connectivity index (χ3n) is 3.46. The second kappa shape index (κ2) is 5.61. The second-order valence-corrected chi connectivity index (χ2v) is 5.23. The van der Waals surface area contributed by atoms with Crippen LogP contribution < -0.4 is 5.73 Å². The molecule has 0 saturated heterocycles. The molecule has 3 rings (SSSR count). The topological polar surface area (TPSA) is 38.9 Å². The molecule has 2 nitrogen and oxygen atoms in total. The van der Waals surface area contributed by atoms with E-state index in [-0.39, 0.29) is 6.04 Å². The van der Waals surface area contributed by atoms with Crippen LogP contribution in [0, 0.1) is 0 Å². The van der Waals surface area contributed by atoms with Crippen molar-refractivity contribution in [1.82, 2.24) is 4.98 Å². The number of para-hydroxylation sites is 1. The summed E-state index contributed by atoms with van der Waals surface area (Å²) in [5.41, 5.74) is 9.45. The molecule has 0 bridgehead atoms. The van der Waals surface area contributed by atoms with Gasteiger partial charge in [0.1, 0.15) is 0 Å². The number of hydrogen-bond donors (Lipinski definition) is 1. The van der Waals surface area contributed by atoms with Gasteiger partial charge in [0.25, 0.3) is 0 Å². The van der Waals surface area contributed by atoms with Gasteiger partial charge in [0.05, 0.1) is 5.52 Å². The minimum atomic E-state index is -0.117. The zero-order chi connectivity index (χ0) is 13.9. The van der Waals surface area contributed by atoms with Crippen LogP contribution in [-0.4, -0.2) is 4.98 Å². The van der Waals surface area contributed by atoms with Gasteiger partial charge in [0.15, 0.2) is 0 Å². The van der Waals surface area contributed by atoms with E-state index in [1.165, 1.54) is 0 Å². The summed E-state index contributed by atoms with van der Waals surface area (Å²) in [4.78, 5) is 4.45. The first kappa shape index (κ1) is 13.1. The maximum Gasteiger partial charge on any atom is 0.0749 e. The number of aromatic nitrogens is 1. The van der Waals surface area contributed by atoms with Gasteiger partial charge >= 0.3 is 0 Å². The Balaban J connectivity index is 1.97. The molecule has 3 aromatic rings. The van der Waals surface area contributed by atoms with Crippen molar-refractivity contribution < 1.29 is 0 Å². The van der Waals surface area contributed by atoms with Gasteiger partial charge < -0.3 is 5.73 Å². The number of nitrogens with two attached hydrogens (primary N) is 1. The van der Waals surface area contributed by atoms with Crippen molar-refractivity contribution in [1.29, 1.82) is 0 Å². The fourth-order valence-electron chi connectivity index (χ4n) is 2.44. The van der Waals surface area contributed by atoms with Crippen molar-refractivity contribution in [2.45, 2.75) is 12.5 Å². The zero-order valence-corrected chi connectivity index (χ0v) is 11.7. The summed E-state index contributed by atoms with van der Waals surface area (Å²) in [7, 11) is 0. The summed E-state index contributed by atoms with van der Waals surface area (Å²) in [5.74, 6) is 0. The fraction of sp³-hybridized carbons (Fsp3) is 0.118. The van der Waals surface area contributed by atoms with E-state index in [0.717, 1.165) is 27.1 Å². The second-order valence-electron chi connectivity index (χ2n) is 4.82. The summed E-state index contributed by atoms with van der Waals surface area (Å²) in [6.45, 7) is 0. The standard InChI is InChI=1S/C17H15ClN2/c18-15-9-2-1-5-13(15)11-16(19)14-8-3-6-12-7-4-10-20-17(12)14/h1-10,16H,11,19H2. The number of fused-ring (bicyclic) bond motifs is 1. The van der Waals surface area contributed by atoms with Crippen LogP contribution in [0.5, 0.6) is 0 Å². The molecule has 0 radical (unpaired) electrons. The summed E-state index contributed by atoms with van der Waals surface area (Å²) in [5, 5.41) is 1.87. The highest BCUT2D eigenvalue weighted by atomic mass is 35.5. The number of nitrogens with zero attached hydrogens (tertiary/aromatic N) is 1. The van der Waals surface area contributed by atoms with E-state index in [9.17, 15) is 0 Å². The van der Waals surface area contributed by atoms with E-state index in [0.29, 0.717) is 6.42 Å². The molecule has 2 aromatic carbocycles. The van der Waals surface area contributed by atoms with Crippen LogP contribution in [0.3, 0.4) is 0 Å². The zero-order valence-electron chi connectivity index (χ0n) is 11.0. The smallest absolute Gasteiger partial charge is 0.0749 e. The van der Waals surface area contributed by atoms with Crippen molar-refractivity contribution in [3.8, 4) is 0 Å². The van der Waals surface area contributed by atoms with Gasteiger partial charge in [-0.3, -0.25) is 4.98 Å². The molecule has 0 amide bonds. The molecule has 3 heteroatoms. The Morgan fingerprint density at radius 2 is 1.80 bits per heavy atom. The Labute approximate surface area is 123 Å². The van der Waals surface area contributed by atoms with Crippen molar-refractivity contribution in [3.05, 3.63) is 76.9 Å². The molecular formula is C17H15ClN2. The third kappa shape index (κ3) is 2.53. The minimum Gasteiger partial charge on any atom is -0.324 e. The van der Waals surface area contributed by atoms with Gasteiger partial charge in [-0.1, -0.05) is 54.1 Å². The third-order valence-corrected chi connectivity index (χ3v) is 3.83. The minimum absolute atomic E-state index is 0.117. The quantitative estimate of drug-likeness (QED) is 0.784. The average Bonchev–Trinajstić information content (AvgIpc) is 2.49. The Morgan fingerprint density at radius 1 is 1.00 bits per heavy atom. The fourth-order valence-corrected chi connectivity index (χ4v) is 2.65. The molecule has 2 N–H and O–H groups in total. The molecule has 1 atom stereocenters. The lowest BCUT2D eigenvalue weighted by Crippen LogP contribution is -2.14. The first-order valence-electron chi connectivity index (χ1n) is 6.58. The highest BCUT2D eigenvalue weighted by Crippen LogP contribution is 2.26. The monoisotopic (exact) mass is 282 g/mol. The number of pyridine rings is 1. The molecule has 1 aromatic heterocycles. The highest BCUT2D eigenvalue weighted by molar-refractivity contribution is 6.31. The van der Waals surface area contributed by atoms with E-state index in [1.807, 2.05) is 54.6 Å². The molecule has 20 heavy (non-hydrogen) atoms. The van der Waals surface area contributed by atoms with Gasteiger partial charge in [-0.25, -0.2) is 0 Å². The van der Waals surface area contributed by atoms with Crippen molar-refractivity contribution in [2.75, 3.05) is 0 Å². The van der Waals surface area contributed by atoms with Gasteiger partial charge in [-0.05, 0) is 29.7 Å². The lowest BCUT2D eigenvalue weighted by atomic mass is 9.97. The Morgan fingerprint density at radius 3 is 2.65 bits per heavy atom. The van der Waals surface area contributed by atoms with E-state index < -0.39 is 0 Å². The normalized spacial score (nSPS) is 12.5. The molecule has 0 aliphatic heterocycles. The van der Waals surface area contributed by atoms with Crippen LogP contribution in [-0.2, 0) is 6.42 Å². The summed E-state index contributed by atoms with van der Waals surface area (Å²) < 4.78 is 0. The van der Waals surface area contributed by atoms with Crippen LogP contribution in [0.1, 0.15) is 17.2 Å². The summed E-state index contributed by atoms with van der Waals surface area (Å²) in [6.07, 6.45) is 2.50. The SMILES string of the molecule is NC(Cc1ccccc1Cl)c1cccc2cccnc12. The molecule has 0 aliphatic rings. The van der Waals surface area contributed by atoms with Crippen LogP contribution in [0.15, 0.2) is 60.8 Å². The number of halogens is 1. The average molecular weight is 283 g/mol. The summed E-state index contributed by atoms with van der Waals surface area (Å²) >= 11 is 6.20. The summed E-state index contributed by atoms with van der Waals surface area (Å²) in [6, 6.07) is 17.8. The van der Waals surface area contributed by atoms with Crippen LogP contribution in [0.25, 0.3) is 10.9 Å². The predicted octanol–water partition coefficient (Wildman–Crippen LogP) is 4.13. The van der Waals surface area contributed by atoms with Gasteiger partial charge in [-0.2, -0.15) is 0 Å². The molecule has 0 fully saturated rings. The Bertz CT molecular complexity index is 734. The molecular weight excluding hydrogens is 268 g/mol. The van der Waals surface area contributed by atoms with Crippen molar-refractivity contribution >= 4 is 22.5 Å². The molecule has 0 saturated carbocycles. The van der Waals surface area contributed by atoms with Crippen LogP contribution >= 0.6 is 11.6 Å². The maximum atomic E-state index is 6.36. The number of hydrogen-bond acceptors (Lipinski definition) is 2. The number of rotatable bonds is 3. The predicted molar refractivity (Wildman–Crippen MR) is 83.8 cm³/mol. The van der Waals surface area contributed by atoms with Gasteiger partial charge in [-0.15, -0.1) is 0 Å². The van der Waals surface area contributed by atoms with E-state index in [1.54, 1.807) is 6.20 Å². The van der Waals surface area contributed by atoms with E-state index >= 15 is 0 Å². The first-order valence-corrected chi connectivity index (χ1v) is 6.96. The Kier molecular flexibility index (Phi) is 3.68. The van der Waals surface area contributed by atoms with Crippen molar-refractivity contribution in [2.24, 2.45) is 5.73 Å². The van der Waals surface area contributed by atoms with Gasteiger partial charge in [0, 0.05) is 22.6 Å². The van der Waals surface area contributed by atoms with Crippen LogP contribution in [0.4, 0.5) is 0 Å². The molecule has 1 unspecified atom stereocenters. The maximum absolute atomic E-state index is 6.36. The van der Waals surface area contributed by atoms with E-state index in [2.05, 4.69) is 4.98 Å². The molecule has 0 aliphatic carbocycles. The largest absolute Gasteiger partial charge is 0.324 e. The molecule has 100 valence electrons. The van der Waals surface area contributed by atoms with Crippen LogP contribution in [0.2, 0.25) is 5.02 Å². The van der Waals surface area contributed by atoms with Gasteiger partial charge in [0.2, 0.25) is 0 Å². The number of benzene rings is 2.